The number of hydrogen-bond acceptors (Lipinski definition) is 4. The lowest BCUT2D eigenvalue weighted by molar-refractivity contribution is -0.139. The molecule has 29 heavy (non-hydrogen) atoms. The van der Waals surface area contributed by atoms with Gasteiger partial charge in [0.2, 0.25) is 5.91 Å². The zero-order chi connectivity index (χ0) is 20.7. The molecule has 2 aliphatic heterocycles. The number of fused-ring (bicyclic) bond motifs is 2. The predicted octanol–water partition coefficient (Wildman–Crippen LogP) is 2.89. The number of rotatable bonds is 4. The van der Waals surface area contributed by atoms with E-state index in [0.717, 1.165) is 68.7 Å². The highest BCUT2D eigenvalue weighted by Gasteiger charge is 2.32. The molecule has 7 heteroatoms. The summed E-state index contributed by atoms with van der Waals surface area (Å²) in [6.45, 7) is 10.8. The maximum absolute atomic E-state index is 13.1. The van der Waals surface area contributed by atoms with Crippen LogP contribution in [0.25, 0.3) is 5.65 Å². The Kier molecular flexibility index (Phi) is 5.51. The Morgan fingerprint density at radius 3 is 2.79 bits per heavy atom. The molecular weight excluding hydrogens is 366 g/mol. The van der Waals surface area contributed by atoms with Crippen molar-refractivity contribution in [2.45, 2.75) is 78.4 Å². The topological polar surface area (TPSA) is 73.7 Å². The largest absolute Gasteiger partial charge is 0.334 e. The minimum Gasteiger partial charge on any atom is -0.334 e. The number of amides is 1. The Labute approximate surface area is 172 Å². The second-order valence-corrected chi connectivity index (χ2v) is 8.91. The van der Waals surface area contributed by atoms with Crippen LogP contribution in [0.1, 0.15) is 76.4 Å². The highest BCUT2D eigenvalue weighted by atomic mass is 16.2. The maximum atomic E-state index is 13.1. The number of piperidine rings is 1. The second kappa shape index (κ2) is 7.94. The van der Waals surface area contributed by atoms with Gasteiger partial charge in [-0.05, 0) is 46.0 Å². The van der Waals surface area contributed by atoms with Gasteiger partial charge in [-0.1, -0.05) is 13.8 Å². The number of aromatic amines is 1. The Hall–Kier alpha value is -2.15. The molecule has 0 radical (unpaired) electrons. The summed E-state index contributed by atoms with van der Waals surface area (Å²) >= 11 is 0. The van der Waals surface area contributed by atoms with E-state index in [-0.39, 0.29) is 23.4 Å². The summed E-state index contributed by atoms with van der Waals surface area (Å²) < 4.78 is 1.58. The quantitative estimate of drug-likeness (QED) is 0.858. The summed E-state index contributed by atoms with van der Waals surface area (Å²) in [4.78, 5) is 35.2. The third-order valence-electron chi connectivity index (χ3n) is 6.72. The first kappa shape index (κ1) is 20.1. The van der Waals surface area contributed by atoms with Crippen molar-refractivity contribution in [3.63, 3.8) is 0 Å². The normalized spacial score (nSPS) is 21.6. The zero-order valence-electron chi connectivity index (χ0n) is 18.1. The predicted molar refractivity (Wildman–Crippen MR) is 113 cm³/mol. The highest BCUT2D eigenvalue weighted by molar-refractivity contribution is 5.79. The summed E-state index contributed by atoms with van der Waals surface area (Å²) in [6.07, 6.45) is 4.63. The number of nitrogens with one attached hydrogen (secondary N) is 1. The molecular formula is C22H33N5O2. The number of nitrogens with zero attached hydrogens (tertiary/aromatic N) is 4. The van der Waals surface area contributed by atoms with Gasteiger partial charge in [-0.3, -0.25) is 19.6 Å². The molecule has 0 aliphatic carbocycles. The molecule has 0 aromatic carbocycles. The average Bonchev–Trinajstić information content (AvgIpc) is 3.16. The molecule has 4 rings (SSSR count). The lowest BCUT2D eigenvalue weighted by Crippen LogP contribution is -2.41. The van der Waals surface area contributed by atoms with Gasteiger partial charge in [0.05, 0.1) is 17.4 Å². The zero-order valence-corrected chi connectivity index (χ0v) is 18.1. The van der Waals surface area contributed by atoms with Crippen LogP contribution in [0.2, 0.25) is 0 Å². The smallest absolute Gasteiger partial charge is 0.276 e. The molecule has 0 spiro atoms. The first-order chi connectivity index (χ1) is 13.9. The van der Waals surface area contributed by atoms with E-state index in [1.807, 2.05) is 17.9 Å². The molecule has 1 fully saturated rings. The van der Waals surface area contributed by atoms with Crippen LogP contribution in [0.5, 0.6) is 0 Å². The number of H-pyrrole nitrogens is 1. The Bertz CT molecular complexity index is 960. The van der Waals surface area contributed by atoms with Gasteiger partial charge in [-0.25, -0.2) is 9.50 Å². The fourth-order valence-corrected chi connectivity index (χ4v) is 4.62. The van der Waals surface area contributed by atoms with E-state index in [4.69, 9.17) is 4.98 Å². The fraction of sp³-hybridized carbons (Fsp3) is 0.682. The number of carbonyl (C=O) groups excluding carboxylic acids is 1. The van der Waals surface area contributed by atoms with E-state index in [1.54, 1.807) is 4.52 Å². The van der Waals surface area contributed by atoms with Crippen molar-refractivity contribution in [2.75, 3.05) is 13.1 Å². The van der Waals surface area contributed by atoms with E-state index in [1.165, 1.54) is 0 Å². The number of hydrogen-bond donors (Lipinski definition) is 1. The molecule has 158 valence electrons. The van der Waals surface area contributed by atoms with Crippen LogP contribution in [-0.2, 0) is 17.8 Å². The van der Waals surface area contributed by atoms with E-state index < -0.39 is 0 Å². The summed E-state index contributed by atoms with van der Waals surface area (Å²) in [5.74, 6) is 0.234. The van der Waals surface area contributed by atoms with Crippen molar-refractivity contribution in [3.8, 4) is 0 Å². The monoisotopic (exact) mass is 399 g/mol. The number of aromatic nitrogens is 3. The summed E-state index contributed by atoms with van der Waals surface area (Å²) in [6, 6.07) is 2.41. The van der Waals surface area contributed by atoms with E-state index in [0.29, 0.717) is 11.7 Å². The Balaban J connectivity index is 1.71. The van der Waals surface area contributed by atoms with Gasteiger partial charge in [-0.15, -0.1) is 0 Å². The van der Waals surface area contributed by atoms with Crippen molar-refractivity contribution in [1.82, 2.24) is 24.4 Å². The Morgan fingerprint density at radius 1 is 1.28 bits per heavy atom. The van der Waals surface area contributed by atoms with Gasteiger partial charge in [0.1, 0.15) is 0 Å². The fourth-order valence-electron chi connectivity index (χ4n) is 4.62. The van der Waals surface area contributed by atoms with Crippen molar-refractivity contribution in [2.24, 2.45) is 5.92 Å². The Morgan fingerprint density at radius 2 is 2.07 bits per heavy atom. The maximum Gasteiger partial charge on any atom is 0.276 e. The first-order valence-electron chi connectivity index (χ1n) is 11.1. The van der Waals surface area contributed by atoms with Crippen molar-refractivity contribution >= 4 is 11.6 Å². The number of carbonyl (C=O) groups is 1. The third kappa shape index (κ3) is 3.61. The second-order valence-electron chi connectivity index (χ2n) is 8.91. The van der Waals surface area contributed by atoms with Crippen molar-refractivity contribution in [3.05, 3.63) is 33.4 Å². The van der Waals surface area contributed by atoms with Crippen LogP contribution in [0, 0.1) is 5.92 Å². The SMILES string of the molecule is CC[C@@H](C)C(=O)N1CCCC[C@@H]1c1cc2nc3c(c(=O)n2[nH]1)CCN(C(C)C)C3. The van der Waals surface area contributed by atoms with E-state index in [2.05, 4.69) is 30.8 Å². The lowest BCUT2D eigenvalue weighted by atomic mass is 9.96. The van der Waals surface area contributed by atoms with Crippen LogP contribution in [0.4, 0.5) is 0 Å². The van der Waals surface area contributed by atoms with E-state index >= 15 is 0 Å². The van der Waals surface area contributed by atoms with Crippen LogP contribution in [-0.4, -0.2) is 49.4 Å². The van der Waals surface area contributed by atoms with Crippen molar-refractivity contribution in [1.29, 1.82) is 0 Å². The van der Waals surface area contributed by atoms with Gasteiger partial charge in [0.15, 0.2) is 5.65 Å². The van der Waals surface area contributed by atoms with Crippen LogP contribution < -0.4 is 5.56 Å². The van der Waals surface area contributed by atoms with Crippen LogP contribution in [0.3, 0.4) is 0 Å². The van der Waals surface area contributed by atoms with Gasteiger partial charge >= 0.3 is 0 Å². The van der Waals surface area contributed by atoms with Crippen LogP contribution in [0.15, 0.2) is 10.9 Å². The molecule has 1 saturated heterocycles. The summed E-state index contributed by atoms with van der Waals surface area (Å²) in [5, 5.41) is 3.29. The molecule has 0 bridgehead atoms. The van der Waals surface area contributed by atoms with Gasteiger partial charge in [0, 0.05) is 43.2 Å². The molecule has 2 aliphatic rings. The molecule has 2 aromatic heterocycles. The lowest BCUT2D eigenvalue weighted by Gasteiger charge is -2.36. The summed E-state index contributed by atoms with van der Waals surface area (Å²) in [7, 11) is 0. The van der Waals surface area contributed by atoms with E-state index in [9.17, 15) is 9.59 Å². The molecule has 2 aromatic rings. The molecule has 0 unspecified atom stereocenters. The molecule has 4 heterocycles. The molecule has 1 amide bonds. The van der Waals surface area contributed by atoms with Gasteiger partial charge in [-0.2, -0.15) is 0 Å². The third-order valence-corrected chi connectivity index (χ3v) is 6.72. The first-order valence-corrected chi connectivity index (χ1v) is 11.1. The minimum atomic E-state index is -0.00413. The standard InChI is InChI=1S/C22H33N5O2/c1-5-15(4)21(28)26-10-7-6-8-19(26)17-12-20-23-18-13-25(14(2)3)11-9-16(18)22(29)27(20)24-17/h12,14-15,19,24H,5-11,13H2,1-4H3/t15-,19-/m1/s1. The molecule has 2 atom stereocenters. The average molecular weight is 400 g/mol. The van der Waals surface area contributed by atoms with Gasteiger partial charge < -0.3 is 4.90 Å². The van der Waals surface area contributed by atoms with Crippen molar-refractivity contribution < 1.29 is 4.79 Å². The number of likely N-dealkylation sites (tertiary alicyclic amines) is 1. The highest BCUT2D eigenvalue weighted by Crippen LogP contribution is 2.32. The van der Waals surface area contributed by atoms with Crippen LogP contribution >= 0.6 is 0 Å². The minimum absolute atomic E-state index is 0.00413. The molecule has 7 nitrogen and oxygen atoms in total. The molecule has 1 N–H and O–H groups in total. The molecule has 0 saturated carbocycles. The van der Waals surface area contributed by atoms with Gasteiger partial charge in [0.25, 0.3) is 5.56 Å². The summed E-state index contributed by atoms with van der Waals surface area (Å²) in [5.41, 5.74) is 3.32.